The van der Waals surface area contributed by atoms with Crippen LogP contribution in [0.1, 0.15) is 38.3 Å². The summed E-state index contributed by atoms with van der Waals surface area (Å²) in [6.07, 6.45) is 3.19. The molecule has 1 aliphatic rings. The molecule has 21 heavy (non-hydrogen) atoms. The second kappa shape index (κ2) is 6.57. The summed E-state index contributed by atoms with van der Waals surface area (Å²) in [6.45, 7) is 4.39. The maximum absolute atomic E-state index is 12.3. The van der Waals surface area contributed by atoms with E-state index < -0.39 is 16.3 Å². The highest BCUT2D eigenvalue weighted by Gasteiger charge is 2.32. The molecular weight excluding hydrogens is 331 g/mol. The van der Waals surface area contributed by atoms with Gasteiger partial charge in [0, 0.05) is 22.8 Å². The van der Waals surface area contributed by atoms with Gasteiger partial charge < -0.3 is 0 Å². The highest BCUT2D eigenvalue weighted by Crippen LogP contribution is 2.35. The normalized spacial score (nSPS) is 21.2. The van der Waals surface area contributed by atoms with Crippen LogP contribution >= 0.6 is 23.2 Å². The van der Waals surface area contributed by atoms with Gasteiger partial charge in [-0.25, -0.2) is 0 Å². The summed E-state index contributed by atoms with van der Waals surface area (Å²) in [5.74, 6) is 0. The Hall–Kier alpha value is -0.750. The zero-order valence-electron chi connectivity index (χ0n) is 11.9. The molecule has 0 aromatic heterocycles. The minimum absolute atomic E-state index is 0.446. The van der Waals surface area contributed by atoms with E-state index in [2.05, 4.69) is 4.72 Å². The summed E-state index contributed by atoms with van der Waals surface area (Å²) in [5.41, 5.74) is 1.69. The van der Waals surface area contributed by atoms with Gasteiger partial charge in [-0.05, 0) is 36.1 Å². The minimum Gasteiger partial charge on any atom is -0.265 e. The molecule has 0 saturated heterocycles. The first-order valence-electron chi connectivity index (χ1n) is 6.83. The monoisotopic (exact) mass is 348 g/mol. The first kappa shape index (κ1) is 16.6. The number of nitrogens with one attached hydrogen (secondary N) is 1. The summed E-state index contributed by atoms with van der Waals surface area (Å²) >= 11 is 12.1. The lowest BCUT2D eigenvalue weighted by Crippen LogP contribution is -2.44. The maximum Gasteiger partial charge on any atom is 0.301 e. The summed E-state index contributed by atoms with van der Waals surface area (Å²) in [7, 11) is -3.54. The van der Waals surface area contributed by atoms with E-state index in [9.17, 15) is 8.42 Å². The van der Waals surface area contributed by atoms with Crippen LogP contribution in [0.2, 0.25) is 10.0 Å². The van der Waals surface area contributed by atoms with Gasteiger partial charge in [0.2, 0.25) is 0 Å². The fourth-order valence-corrected chi connectivity index (χ4v) is 4.25. The minimum atomic E-state index is -3.54. The van der Waals surface area contributed by atoms with Crippen molar-refractivity contribution in [2.24, 2.45) is 0 Å². The molecule has 0 aliphatic carbocycles. The summed E-state index contributed by atoms with van der Waals surface area (Å²) in [6, 6.07) is 4.65. The quantitative estimate of drug-likeness (QED) is 0.897. The lowest BCUT2D eigenvalue weighted by atomic mass is 9.98. The van der Waals surface area contributed by atoms with Gasteiger partial charge in [-0.2, -0.15) is 13.1 Å². The Balaban J connectivity index is 2.46. The van der Waals surface area contributed by atoms with Gasteiger partial charge in [-0.15, -0.1) is 0 Å². The highest BCUT2D eigenvalue weighted by atomic mass is 35.5. The van der Waals surface area contributed by atoms with Crippen LogP contribution < -0.4 is 4.72 Å². The number of rotatable bonds is 4. The molecule has 2 rings (SSSR count). The van der Waals surface area contributed by atoms with E-state index in [1.165, 1.54) is 4.31 Å². The van der Waals surface area contributed by atoms with E-state index in [0.717, 1.165) is 18.4 Å². The predicted molar refractivity (Wildman–Crippen MR) is 86.6 cm³/mol. The first-order chi connectivity index (χ1) is 9.89. The molecule has 0 radical (unpaired) electrons. The largest absolute Gasteiger partial charge is 0.301 e. The Bertz CT molecular complexity index is 659. The van der Waals surface area contributed by atoms with Crippen LogP contribution in [0.15, 0.2) is 30.0 Å². The molecule has 0 amide bonds. The van der Waals surface area contributed by atoms with Gasteiger partial charge in [0.05, 0.1) is 6.04 Å². The lowest BCUT2D eigenvalue weighted by molar-refractivity contribution is 0.453. The molecule has 1 atom stereocenters. The third-order valence-corrected chi connectivity index (χ3v) is 5.38. The number of hydrogen-bond acceptors (Lipinski definition) is 2. The molecule has 4 nitrogen and oxygen atoms in total. The Morgan fingerprint density at radius 1 is 1.29 bits per heavy atom. The van der Waals surface area contributed by atoms with E-state index >= 15 is 0 Å². The van der Waals surface area contributed by atoms with Gasteiger partial charge in [0.1, 0.15) is 0 Å². The highest BCUT2D eigenvalue weighted by molar-refractivity contribution is 7.87. The lowest BCUT2D eigenvalue weighted by Gasteiger charge is -2.33. The van der Waals surface area contributed by atoms with E-state index in [-0.39, 0.29) is 0 Å². The Labute approximate surface area is 135 Å². The molecule has 1 unspecified atom stereocenters. The number of hydrogen-bond donors (Lipinski definition) is 1. The molecule has 1 aromatic rings. The van der Waals surface area contributed by atoms with Crippen LogP contribution in [0.5, 0.6) is 0 Å². The molecule has 1 N–H and O–H groups in total. The van der Waals surface area contributed by atoms with Crippen molar-refractivity contribution in [3.05, 3.63) is 45.6 Å². The molecular formula is C14H18Cl2N2O2S. The SMILES string of the molecule is CCCN1C=C(CC)C(c2ccc(Cl)cc2Cl)NS1(=O)=O. The van der Waals surface area contributed by atoms with Crippen molar-refractivity contribution < 1.29 is 8.42 Å². The molecule has 116 valence electrons. The molecule has 1 aliphatic heterocycles. The Morgan fingerprint density at radius 3 is 2.57 bits per heavy atom. The van der Waals surface area contributed by atoms with Gasteiger partial charge >= 0.3 is 10.2 Å². The molecule has 0 saturated carbocycles. The van der Waals surface area contributed by atoms with Crippen LogP contribution in [0, 0.1) is 0 Å². The van der Waals surface area contributed by atoms with Crippen molar-refractivity contribution in [2.45, 2.75) is 32.7 Å². The molecule has 0 fully saturated rings. The fraction of sp³-hybridized carbons (Fsp3) is 0.429. The third-order valence-electron chi connectivity index (χ3n) is 3.38. The van der Waals surface area contributed by atoms with Crippen molar-refractivity contribution >= 4 is 33.4 Å². The van der Waals surface area contributed by atoms with Crippen molar-refractivity contribution in [3.63, 3.8) is 0 Å². The predicted octanol–water partition coefficient (Wildman–Crippen LogP) is 3.89. The second-order valence-corrected chi connectivity index (χ2v) is 7.39. The number of halogens is 2. The maximum atomic E-state index is 12.3. The standard InChI is InChI=1S/C14H18Cl2N2O2S/c1-3-7-18-9-10(4-2)14(17-21(18,19)20)12-6-5-11(15)8-13(12)16/h5-6,8-9,14,17H,3-4,7H2,1-2H3. The van der Waals surface area contributed by atoms with Gasteiger partial charge in [0.25, 0.3) is 0 Å². The third kappa shape index (κ3) is 3.54. The number of benzene rings is 1. The fourth-order valence-electron chi connectivity index (χ4n) is 2.32. The summed E-state index contributed by atoms with van der Waals surface area (Å²) < 4.78 is 28.7. The molecule has 1 heterocycles. The van der Waals surface area contributed by atoms with E-state index in [1.807, 2.05) is 13.8 Å². The zero-order chi connectivity index (χ0) is 15.6. The topological polar surface area (TPSA) is 49.4 Å². The smallest absolute Gasteiger partial charge is 0.265 e. The molecule has 0 bridgehead atoms. The summed E-state index contributed by atoms with van der Waals surface area (Å²) in [4.78, 5) is 0. The average Bonchev–Trinajstić information content (AvgIpc) is 2.41. The number of nitrogens with zero attached hydrogens (tertiary/aromatic N) is 1. The van der Waals surface area contributed by atoms with E-state index in [4.69, 9.17) is 23.2 Å². The van der Waals surface area contributed by atoms with Crippen molar-refractivity contribution in [2.75, 3.05) is 6.54 Å². The summed E-state index contributed by atoms with van der Waals surface area (Å²) in [5, 5.41) is 0.982. The van der Waals surface area contributed by atoms with Crippen LogP contribution in [-0.2, 0) is 10.2 Å². The zero-order valence-corrected chi connectivity index (χ0v) is 14.3. The Morgan fingerprint density at radius 2 is 2.00 bits per heavy atom. The van der Waals surface area contributed by atoms with E-state index in [1.54, 1.807) is 24.4 Å². The van der Waals surface area contributed by atoms with Crippen molar-refractivity contribution in [1.29, 1.82) is 0 Å². The van der Waals surface area contributed by atoms with Crippen LogP contribution in [0.4, 0.5) is 0 Å². The van der Waals surface area contributed by atoms with Gasteiger partial charge in [0.15, 0.2) is 0 Å². The van der Waals surface area contributed by atoms with Crippen molar-refractivity contribution in [3.8, 4) is 0 Å². The van der Waals surface area contributed by atoms with Crippen LogP contribution in [-0.4, -0.2) is 19.3 Å². The first-order valence-corrected chi connectivity index (χ1v) is 9.03. The average molecular weight is 349 g/mol. The Kier molecular flexibility index (Phi) is 5.20. The molecule has 0 spiro atoms. The van der Waals surface area contributed by atoms with Crippen LogP contribution in [0.25, 0.3) is 0 Å². The van der Waals surface area contributed by atoms with E-state index in [0.29, 0.717) is 22.2 Å². The molecule has 1 aromatic carbocycles. The van der Waals surface area contributed by atoms with Gasteiger partial charge in [-0.3, -0.25) is 4.31 Å². The van der Waals surface area contributed by atoms with Crippen LogP contribution in [0.3, 0.4) is 0 Å². The van der Waals surface area contributed by atoms with Crippen molar-refractivity contribution in [1.82, 2.24) is 9.03 Å². The molecule has 7 heteroatoms. The van der Waals surface area contributed by atoms with Gasteiger partial charge in [-0.1, -0.05) is 43.1 Å². The second-order valence-electron chi connectivity index (χ2n) is 4.89.